The molecule has 114 valence electrons. The summed E-state index contributed by atoms with van der Waals surface area (Å²) in [6.45, 7) is 4.58. The monoisotopic (exact) mass is 313 g/mol. The van der Waals surface area contributed by atoms with Gasteiger partial charge in [0.25, 0.3) is 11.6 Å². The third-order valence-corrected chi connectivity index (χ3v) is 3.73. The van der Waals surface area contributed by atoms with Crippen molar-refractivity contribution in [3.8, 4) is 0 Å². The molecule has 2 unspecified atom stereocenters. The van der Waals surface area contributed by atoms with Gasteiger partial charge in [0.15, 0.2) is 0 Å². The third kappa shape index (κ3) is 3.08. The number of ether oxygens (including phenoxy) is 1. The van der Waals surface area contributed by atoms with E-state index in [4.69, 9.17) is 22.1 Å². The molecule has 1 heterocycles. The highest BCUT2D eigenvalue weighted by Crippen LogP contribution is 2.31. The van der Waals surface area contributed by atoms with Crippen LogP contribution in [-0.2, 0) is 4.74 Å². The van der Waals surface area contributed by atoms with E-state index in [0.29, 0.717) is 13.2 Å². The van der Waals surface area contributed by atoms with Crippen LogP contribution in [0.1, 0.15) is 24.2 Å². The molecule has 0 radical (unpaired) electrons. The van der Waals surface area contributed by atoms with Crippen molar-refractivity contribution in [1.82, 2.24) is 4.90 Å². The summed E-state index contributed by atoms with van der Waals surface area (Å²) in [5, 5.41) is 11.0. The standard InChI is InChI=1S/C13H16ClN3O4/c1-7-6-21-8(2)5-16(7)13(18)9-3-10(14)12(15)11(4-9)17(19)20/h3-4,7-8H,5-6,15H2,1-2H3. The van der Waals surface area contributed by atoms with Crippen LogP contribution in [0.25, 0.3) is 0 Å². The van der Waals surface area contributed by atoms with Crippen LogP contribution >= 0.6 is 11.6 Å². The Kier molecular flexibility index (Phi) is 4.34. The van der Waals surface area contributed by atoms with Crippen molar-refractivity contribution in [2.75, 3.05) is 18.9 Å². The van der Waals surface area contributed by atoms with Crippen molar-refractivity contribution in [3.05, 3.63) is 32.8 Å². The first kappa shape index (κ1) is 15.5. The SMILES string of the molecule is CC1CN(C(=O)c2cc(Cl)c(N)c([N+](=O)[O-])c2)C(C)CO1. The maximum Gasteiger partial charge on any atom is 0.294 e. The van der Waals surface area contributed by atoms with Gasteiger partial charge in [0, 0.05) is 18.2 Å². The quantitative estimate of drug-likeness (QED) is 0.512. The average Bonchev–Trinajstić information content (AvgIpc) is 2.43. The fourth-order valence-corrected chi connectivity index (χ4v) is 2.44. The lowest BCUT2D eigenvalue weighted by Gasteiger charge is -2.36. The minimum Gasteiger partial charge on any atom is -0.392 e. The summed E-state index contributed by atoms with van der Waals surface area (Å²) in [7, 11) is 0. The van der Waals surface area contributed by atoms with E-state index < -0.39 is 4.92 Å². The minimum atomic E-state index is -0.649. The predicted molar refractivity (Wildman–Crippen MR) is 78.4 cm³/mol. The number of amides is 1. The predicted octanol–water partition coefficient (Wildman–Crippen LogP) is 2.08. The smallest absolute Gasteiger partial charge is 0.294 e. The lowest BCUT2D eigenvalue weighted by Crippen LogP contribution is -2.50. The maximum absolute atomic E-state index is 12.5. The first-order valence-corrected chi connectivity index (χ1v) is 6.85. The first-order chi connectivity index (χ1) is 9.81. The molecule has 0 bridgehead atoms. The van der Waals surface area contributed by atoms with Crippen LogP contribution in [-0.4, -0.2) is 41.0 Å². The summed E-state index contributed by atoms with van der Waals surface area (Å²) in [6, 6.07) is 2.42. The van der Waals surface area contributed by atoms with Gasteiger partial charge < -0.3 is 15.4 Å². The number of nitro benzene ring substituents is 1. The van der Waals surface area contributed by atoms with Crippen LogP contribution < -0.4 is 5.73 Å². The number of halogens is 1. The van der Waals surface area contributed by atoms with Crippen LogP contribution in [0, 0.1) is 10.1 Å². The lowest BCUT2D eigenvalue weighted by molar-refractivity contribution is -0.383. The van der Waals surface area contributed by atoms with E-state index in [1.807, 2.05) is 13.8 Å². The molecule has 2 atom stereocenters. The largest absolute Gasteiger partial charge is 0.392 e. The second-order valence-corrected chi connectivity index (χ2v) is 5.51. The summed E-state index contributed by atoms with van der Waals surface area (Å²) in [4.78, 5) is 24.5. The Balaban J connectivity index is 2.37. The molecule has 1 aliphatic heterocycles. The van der Waals surface area contributed by atoms with E-state index in [-0.39, 0.29) is 40.0 Å². The fraction of sp³-hybridized carbons (Fsp3) is 0.462. The van der Waals surface area contributed by atoms with Gasteiger partial charge >= 0.3 is 0 Å². The molecular formula is C13H16ClN3O4. The number of hydrogen-bond acceptors (Lipinski definition) is 5. The van der Waals surface area contributed by atoms with Gasteiger partial charge in [0.1, 0.15) is 5.69 Å². The number of morpholine rings is 1. The molecule has 0 aromatic heterocycles. The highest BCUT2D eigenvalue weighted by atomic mass is 35.5. The van der Waals surface area contributed by atoms with Crippen LogP contribution in [0.15, 0.2) is 12.1 Å². The Bertz CT molecular complexity index is 593. The van der Waals surface area contributed by atoms with Gasteiger partial charge in [-0.25, -0.2) is 0 Å². The molecule has 21 heavy (non-hydrogen) atoms. The van der Waals surface area contributed by atoms with Gasteiger partial charge in [-0.1, -0.05) is 11.6 Å². The van der Waals surface area contributed by atoms with Gasteiger partial charge in [-0.15, -0.1) is 0 Å². The van der Waals surface area contributed by atoms with Crippen LogP contribution in [0.3, 0.4) is 0 Å². The zero-order chi connectivity index (χ0) is 15.7. The van der Waals surface area contributed by atoms with Crippen molar-refractivity contribution in [2.45, 2.75) is 26.0 Å². The number of carbonyl (C=O) groups is 1. The molecule has 1 aromatic rings. The molecule has 1 aromatic carbocycles. The normalized spacial score (nSPS) is 22.1. The molecule has 1 amide bonds. The molecule has 2 N–H and O–H groups in total. The number of nitrogens with two attached hydrogens (primary N) is 1. The number of hydrogen-bond donors (Lipinski definition) is 1. The van der Waals surface area contributed by atoms with Gasteiger partial charge in [-0.3, -0.25) is 14.9 Å². The van der Waals surface area contributed by atoms with E-state index in [9.17, 15) is 14.9 Å². The van der Waals surface area contributed by atoms with Crippen LogP contribution in [0.4, 0.5) is 11.4 Å². The molecule has 0 aliphatic carbocycles. The molecule has 1 saturated heterocycles. The molecule has 0 spiro atoms. The summed E-state index contributed by atoms with van der Waals surface area (Å²) in [6.07, 6.45) is -0.0793. The van der Waals surface area contributed by atoms with Gasteiger partial charge in [0.2, 0.25) is 0 Å². The Morgan fingerprint density at radius 1 is 1.52 bits per heavy atom. The molecule has 8 heteroatoms. The molecule has 2 rings (SSSR count). The van der Waals surface area contributed by atoms with Crippen molar-refractivity contribution >= 4 is 28.9 Å². The van der Waals surface area contributed by atoms with E-state index in [2.05, 4.69) is 0 Å². The van der Waals surface area contributed by atoms with Crippen molar-refractivity contribution < 1.29 is 14.5 Å². The average molecular weight is 314 g/mol. The Morgan fingerprint density at radius 2 is 2.19 bits per heavy atom. The first-order valence-electron chi connectivity index (χ1n) is 6.47. The molecule has 7 nitrogen and oxygen atoms in total. The Hall–Kier alpha value is -1.86. The van der Waals surface area contributed by atoms with E-state index >= 15 is 0 Å². The second-order valence-electron chi connectivity index (χ2n) is 5.10. The molecule has 0 saturated carbocycles. The number of nitrogens with zero attached hydrogens (tertiary/aromatic N) is 2. The molecule has 1 fully saturated rings. The fourth-order valence-electron chi connectivity index (χ4n) is 2.23. The van der Waals surface area contributed by atoms with E-state index in [1.165, 1.54) is 6.07 Å². The van der Waals surface area contributed by atoms with Crippen LogP contribution in [0.2, 0.25) is 5.02 Å². The third-order valence-electron chi connectivity index (χ3n) is 3.42. The molecule has 1 aliphatic rings. The molecular weight excluding hydrogens is 298 g/mol. The number of nitrogen functional groups attached to an aromatic ring is 1. The minimum absolute atomic E-state index is 0.00140. The zero-order valence-electron chi connectivity index (χ0n) is 11.7. The summed E-state index contributed by atoms with van der Waals surface area (Å²) >= 11 is 5.89. The number of benzene rings is 1. The number of nitro groups is 1. The Labute approximate surface area is 126 Å². The highest BCUT2D eigenvalue weighted by molar-refractivity contribution is 6.34. The second kappa shape index (κ2) is 5.87. The van der Waals surface area contributed by atoms with Crippen LogP contribution in [0.5, 0.6) is 0 Å². The van der Waals surface area contributed by atoms with E-state index in [0.717, 1.165) is 6.07 Å². The number of anilines is 1. The topological polar surface area (TPSA) is 98.7 Å². The number of carbonyl (C=O) groups excluding carboxylic acids is 1. The van der Waals surface area contributed by atoms with Crippen molar-refractivity contribution in [2.24, 2.45) is 0 Å². The highest BCUT2D eigenvalue weighted by Gasteiger charge is 2.30. The lowest BCUT2D eigenvalue weighted by atomic mass is 10.1. The van der Waals surface area contributed by atoms with Gasteiger partial charge in [-0.05, 0) is 19.9 Å². The number of rotatable bonds is 2. The summed E-state index contributed by atoms with van der Waals surface area (Å²) < 4.78 is 5.46. The van der Waals surface area contributed by atoms with Gasteiger partial charge in [-0.2, -0.15) is 0 Å². The van der Waals surface area contributed by atoms with Crippen molar-refractivity contribution in [1.29, 1.82) is 0 Å². The van der Waals surface area contributed by atoms with Crippen molar-refractivity contribution in [3.63, 3.8) is 0 Å². The van der Waals surface area contributed by atoms with Gasteiger partial charge in [0.05, 0.1) is 28.7 Å². The summed E-state index contributed by atoms with van der Waals surface area (Å²) in [5.41, 5.74) is 5.22. The Morgan fingerprint density at radius 3 is 2.81 bits per heavy atom. The summed E-state index contributed by atoms with van der Waals surface area (Å²) in [5.74, 6) is -0.317. The zero-order valence-corrected chi connectivity index (χ0v) is 12.5. The maximum atomic E-state index is 12.5. The van der Waals surface area contributed by atoms with E-state index in [1.54, 1.807) is 4.90 Å².